The summed E-state index contributed by atoms with van der Waals surface area (Å²) in [5, 5.41) is 18.9. The zero-order chi connectivity index (χ0) is 13.8. The van der Waals surface area contributed by atoms with Crippen LogP contribution in [0.15, 0.2) is 18.2 Å². The fraction of sp³-hybridized carbons (Fsp3) is 0.500. The highest BCUT2D eigenvalue weighted by atomic mass is 16.5. The predicted molar refractivity (Wildman–Crippen MR) is 70.7 cm³/mol. The molecule has 1 rings (SSSR count). The Morgan fingerprint density at radius 3 is 2.61 bits per heavy atom. The van der Waals surface area contributed by atoms with Crippen molar-refractivity contribution in [2.24, 2.45) is 0 Å². The van der Waals surface area contributed by atoms with Crippen LogP contribution >= 0.6 is 0 Å². The Labute approximate surface area is 108 Å². The Kier molecular flexibility index (Phi) is 4.57. The van der Waals surface area contributed by atoms with Crippen LogP contribution < -0.4 is 4.74 Å². The molecule has 1 aromatic rings. The SMILES string of the molecule is CCOc1cc(CC(C)(C#N)N(C)C)ccc1O. The lowest BCUT2D eigenvalue weighted by atomic mass is 9.93. The number of aromatic hydroxyl groups is 1. The molecule has 0 saturated heterocycles. The standard InChI is InChI=1S/C14H20N2O2/c1-5-18-13-8-11(6-7-12(13)17)9-14(2,10-15)16(3)4/h6-8,17H,5,9H2,1-4H3. The molecule has 0 saturated carbocycles. The summed E-state index contributed by atoms with van der Waals surface area (Å²) in [4.78, 5) is 1.89. The van der Waals surface area contributed by atoms with Gasteiger partial charge in [-0.05, 0) is 45.6 Å². The molecule has 98 valence electrons. The summed E-state index contributed by atoms with van der Waals surface area (Å²) < 4.78 is 5.34. The van der Waals surface area contributed by atoms with Crippen LogP contribution in [0.2, 0.25) is 0 Å². The number of nitriles is 1. The fourth-order valence-electron chi connectivity index (χ4n) is 1.63. The second-order valence-corrected chi connectivity index (χ2v) is 4.69. The minimum atomic E-state index is -0.569. The zero-order valence-corrected chi connectivity index (χ0v) is 11.4. The van der Waals surface area contributed by atoms with E-state index in [1.54, 1.807) is 12.1 Å². The lowest BCUT2D eigenvalue weighted by molar-refractivity contribution is 0.236. The maximum Gasteiger partial charge on any atom is 0.161 e. The van der Waals surface area contributed by atoms with Crippen molar-refractivity contribution in [1.82, 2.24) is 4.90 Å². The van der Waals surface area contributed by atoms with E-state index >= 15 is 0 Å². The molecule has 0 radical (unpaired) electrons. The molecular weight excluding hydrogens is 228 g/mol. The average Bonchev–Trinajstić information content (AvgIpc) is 2.33. The lowest BCUT2D eigenvalue weighted by Gasteiger charge is -2.29. The number of benzene rings is 1. The molecule has 0 heterocycles. The third-order valence-electron chi connectivity index (χ3n) is 3.10. The third kappa shape index (κ3) is 3.14. The van der Waals surface area contributed by atoms with E-state index in [2.05, 4.69) is 6.07 Å². The number of rotatable bonds is 5. The normalized spacial score (nSPS) is 14.0. The number of likely N-dealkylation sites (N-methyl/N-ethyl adjacent to an activating group) is 1. The summed E-state index contributed by atoms with van der Waals surface area (Å²) >= 11 is 0. The molecular formula is C14H20N2O2. The second-order valence-electron chi connectivity index (χ2n) is 4.69. The molecule has 1 atom stereocenters. The molecule has 0 aliphatic rings. The van der Waals surface area contributed by atoms with E-state index in [1.165, 1.54) is 0 Å². The van der Waals surface area contributed by atoms with E-state index in [9.17, 15) is 10.4 Å². The Balaban J connectivity index is 2.98. The first-order chi connectivity index (χ1) is 8.42. The van der Waals surface area contributed by atoms with Crippen LogP contribution in [0.25, 0.3) is 0 Å². The Bertz CT molecular complexity index is 452. The van der Waals surface area contributed by atoms with Crippen molar-refractivity contribution in [3.05, 3.63) is 23.8 Å². The molecule has 0 aliphatic heterocycles. The maximum atomic E-state index is 9.63. The number of phenolic OH excluding ortho intramolecular Hbond substituents is 1. The molecule has 0 amide bonds. The molecule has 4 nitrogen and oxygen atoms in total. The van der Waals surface area contributed by atoms with Crippen molar-refractivity contribution in [2.45, 2.75) is 25.8 Å². The molecule has 1 unspecified atom stereocenters. The summed E-state index contributed by atoms with van der Waals surface area (Å²) in [6.45, 7) is 4.26. The van der Waals surface area contributed by atoms with Gasteiger partial charge in [0.05, 0.1) is 12.7 Å². The van der Waals surface area contributed by atoms with Crippen LogP contribution in [0.1, 0.15) is 19.4 Å². The number of hydrogen-bond acceptors (Lipinski definition) is 4. The highest BCUT2D eigenvalue weighted by Crippen LogP contribution is 2.29. The van der Waals surface area contributed by atoms with E-state index in [1.807, 2.05) is 38.9 Å². The summed E-state index contributed by atoms with van der Waals surface area (Å²) in [5.74, 6) is 0.596. The molecule has 0 spiro atoms. The fourth-order valence-corrected chi connectivity index (χ4v) is 1.63. The van der Waals surface area contributed by atoms with E-state index in [0.29, 0.717) is 18.8 Å². The van der Waals surface area contributed by atoms with Crippen LogP contribution in [-0.4, -0.2) is 36.2 Å². The van der Waals surface area contributed by atoms with Crippen LogP contribution in [-0.2, 0) is 6.42 Å². The summed E-state index contributed by atoms with van der Waals surface area (Å²) in [6, 6.07) is 7.53. The predicted octanol–water partition coefficient (Wildman–Crippen LogP) is 2.18. The van der Waals surface area contributed by atoms with Gasteiger partial charge in [0.15, 0.2) is 11.5 Å². The molecule has 1 aromatic carbocycles. The number of nitrogens with zero attached hydrogens (tertiary/aromatic N) is 2. The van der Waals surface area contributed by atoms with E-state index in [0.717, 1.165) is 5.56 Å². The van der Waals surface area contributed by atoms with Gasteiger partial charge in [0, 0.05) is 6.42 Å². The molecule has 0 bridgehead atoms. The number of ether oxygens (including phenoxy) is 1. The van der Waals surface area contributed by atoms with Crippen molar-refractivity contribution < 1.29 is 9.84 Å². The van der Waals surface area contributed by atoms with Crippen LogP contribution in [0.4, 0.5) is 0 Å². The molecule has 1 N–H and O–H groups in total. The molecule has 0 aromatic heterocycles. The van der Waals surface area contributed by atoms with Crippen molar-refractivity contribution in [1.29, 1.82) is 5.26 Å². The van der Waals surface area contributed by atoms with Gasteiger partial charge in [-0.1, -0.05) is 6.07 Å². The largest absolute Gasteiger partial charge is 0.504 e. The minimum Gasteiger partial charge on any atom is -0.504 e. The Hall–Kier alpha value is -1.73. The average molecular weight is 248 g/mol. The van der Waals surface area contributed by atoms with Crippen LogP contribution in [0.5, 0.6) is 11.5 Å². The van der Waals surface area contributed by atoms with Gasteiger partial charge < -0.3 is 9.84 Å². The topological polar surface area (TPSA) is 56.5 Å². The quantitative estimate of drug-likeness (QED) is 0.867. The van der Waals surface area contributed by atoms with E-state index < -0.39 is 5.54 Å². The lowest BCUT2D eigenvalue weighted by Crippen LogP contribution is -2.41. The first-order valence-electron chi connectivity index (χ1n) is 5.96. The molecule has 4 heteroatoms. The number of hydrogen-bond donors (Lipinski definition) is 1. The Morgan fingerprint density at radius 1 is 1.44 bits per heavy atom. The van der Waals surface area contributed by atoms with E-state index in [-0.39, 0.29) is 5.75 Å². The second kappa shape index (κ2) is 5.74. The van der Waals surface area contributed by atoms with Gasteiger partial charge in [0.2, 0.25) is 0 Å². The van der Waals surface area contributed by atoms with Crippen molar-refractivity contribution in [3.8, 4) is 17.6 Å². The highest BCUT2D eigenvalue weighted by molar-refractivity contribution is 5.42. The third-order valence-corrected chi connectivity index (χ3v) is 3.10. The van der Waals surface area contributed by atoms with Gasteiger partial charge in [-0.2, -0.15) is 5.26 Å². The molecule has 0 fully saturated rings. The summed E-state index contributed by atoms with van der Waals surface area (Å²) in [5.41, 5.74) is 0.398. The van der Waals surface area contributed by atoms with Gasteiger partial charge in [-0.3, -0.25) is 4.90 Å². The number of phenols is 1. The van der Waals surface area contributed by atoms with Crippen LogP contribution in [0, 0.1) is 11.3 Å². The minimum absolute atomic E-state index is 0.129. The summed E-state index contributed by atoms with van der Waals surface area (Å²) in [6.07, 6.45) is 0.580. The summed E-state index contributed by atoms with van der Waals surface area (Å²) in [7, 11) is 3.76. The smallest absolute Gasteiger partial charge is 0.161 e. The van der Waals surface area contributed by atoms with Crippen LogP contribution in [0.3, 0.4) is 0 Å². The van der Waals surface area contributed by atoms with Gasteiger partial charge in [0.1, 0.15) is 5.54 Å². The van der Waals surface area contributed by atoms with Gasteiger partial charge in [0.25, 0.3) is 0 Å². The van der Waals surface area contributed by atoms with Crippen molar-refractivity contribution >= 4 is 0 Å². The van der Waals surface area contributed by atoms with Crippen molar-refractivity contribution in [2.75, 3.05) is 20.7 Å². The monoisotopic (exact) mass is 248 g/mol. The van der Waals surface area contributed by atoms with Gasteiger partial charge in [-0.25, -0.2) is 0 Å². The Morgan fingerprint density at radius 2 is 2.11 bits per heavy atom. The van der Waals surface area contributed by atoms with Gasteiger partial charge >= 0.3 is 0 Å². The maximum absolute atomic E-state index is 9.63. The molecule has 0 aliphatic carbocycles. The van der Waals surface area contributed by atoms with E-state index in [4.69, 9.17) is 4.74 Å². The molecule has 18 heavy (non-hydrogen) atoms. The first-order valence-corrected chi connectivity index (χ1v) is 5.96. The van der Waals surface area contributed by atoms with Gasteiger partial charge in [-0.15, -0.1) is 0 Å². The zero-order valence-electron chi connectivity index (χ0n) is 11.4. The van der Waals surface area contributed by atoms with Crippen molar-refractivity contribution in [3.63, 3.8) is 0 Å². The first kappa shape index (κ1) is 14.3. The highest BCUT2D eigenvalue weighted by Gasteiger charge is 2.27.